The van der Waals surface area contributed by atoms with E-state index in [1.807, 2.05) is 19.9 Å². The lowest BCUT2D eigenvalue weighted by molar-refractivity contribution is -0.174. The molecule has 1 aliphatic heterocycles. The standard InChI is InChI=1S/C12H13Cl2NO2/c1-12(2)7-15(17-11(12)16)6-8-3-4-9(13)5-10(8)14/h3-5H,6-7H2,1-2H3. The number of rotatable bonds is 2. The summed E-state index contributed by atoms with van der Waals surface area (Å²) < 4.78 is 0. The Hall–Kier alpha value is -0.770. The van der Waals surface area contributed by atoms with Crippen molar-refractivity contribution in [1.82, 2.24) is 5.06 Å². The summed E-state index contributed by atoms with van der Waals surface area (Å²) in [6.07, 6.45) is 0. The maximum absolute atomic E-state index is 11.5. The number of benzene rings is 1. The van der Waals surface area contributed by atoms with Gasteiger partial charge in [0.2, 0.25) is 0 Å². The Morgan fingerprint density at radius 2 is 2.12 bits per heavy atom. The Kier molecular flexibility index (Phi) is 3.34. The molecule has 92 valence electrons. The van der Waals surface area contributed by atoms with Gasteiger partial charge in [-0.3, -0.25) is 0 Å². The van der Waals surface area contributed by atoms with Gasteiger partial charge in [0.25, 0.3) is 0 Å². The van der Waals surface area contributed by atoms with Gasteiger partial charge in [0.15, 0.2) is 0 Å². The molecule has 5 heteroatoms. The molecule has 0 spiro atoms. The van der Waals surface area contributed by atoms with Crippen molar-refractivity contribution in [3.8, 4) is 0 Å². The van der Waals surface area contributed by atoms with Crippen LogP contribution in [0.2, 0.25) is 10.0 Å². The minimum Gasteiger partial charge on any atom is -0.367 e. The van der Waals surface area contributed by atoms with Gasteiger partial charge >= 0.3 is 5.97 Å². The summed E-state index contributed by atoms with van der Waals surface area (Å²) in [6.45, 7) is 4.76. The van der Waals surface area contributed by atoms with Crippen LogP contribution in [0.15, 0.2) is 18.2 Å². The van der Waals surface area contributed by atoms with Crippen LogP contribution in [0.3, 0.4) is 0 Å². The lowest BCUT2D eigenvalue weighted by Crippen LogP contribution is -2.23. The molecule has 0 atom stereocenters. The van der Waals surface area contributed by atoms with Crippen LogP contribution in [-0.4, -0.2) is 17.6 Å². The van der Waals surface area contributed by atoms with E-state index in [2.05, 4.69) is 0 Å². The maximum Gasteiger partial charge on any atom is 0.332 e. The van der Waals surface area contributed by atoms with Crippen molar-refractivity contribution in [3.63, 3.8) is 0 Å². The van der Waals surface area contributed by atoms with E-state index in [9.17, 15) is 4.79 Å². The molecule has 0 aromatic heterocycles. The van der Waals surface area contributed by atoms with Crippen LogP contribution in [0.5, 0.6) is 0 Å². The van der Waals surface area contributed by atoms with E-state index < -0.39 is 5.41 Å². The first kappa shape index (κ1) is 12.7. The number of carbonyl (C=O) groups is 1. The number of halogens is 2. The Morgan fingerprint density at radius 1 is 1.41 bits per heavy atom. The number of hydroxylamine groups is 2. The normalized spacial score (nSPS) is 19.4. The average molecular weight is 274 g/mol. The number of hydrogen-bond acceptors (Lipinski definition) is 3. The molecule has 1 aliphatic rings. The molecule has 0 aliphatic carbocycles. The Bertz CT molecular complexity index is 460. The molecule has 0 amide bonds. The largest absolute Gasteiger partial charge is 0.367 e. The Labute approximate surface area is 110 Å². The van der Waals surface area contributed by atoms with Gasteiger partial charge in [-0.15, -0.1) is 5.06 Å². The van der Waals surface area contributed by atoms with Gasteiger partial charge in [-0.2, -0.15) is 0 Å². The van der Waals surface area contributed by atoms with Crippen molar-refractivity contribution in [3.05, 3.63) is 33.8 Å². The molecular weight excluding hydrogens is 261 g/mol. The van der Waals surface area contributed by atoms with E-state index in [-0.39, 0.29) is 5.97 Å². The molecule has 1 heterocycles. The molecule has 0 radical (unpaired) electrons. The summed E-state index contributed by atoms with van der Waals surface area (Å²) >= 11 is 11.9. The van der Waals surface area contributed by atoms with Crippen LogP contribution in [0.4, 0.5) is 0 Å². The molecule has 0 saturated carbocycles. The Morgan fingerprint density at radius 3 is 2.65 bits per heavy atom. The summed E-state index contributed by atoms with van der Waals surface area (Å²) in [5, 5.41) is 2.80. The van der Waals surface area contributed by atoms with E-state index in [0.29, 0.717) is 23.1 Å². The molecule has 1 saturated heterocycles. The topological polar surface area (TPSA) is 29.5 Å². The second-order valence-corrected chi connectivity index (χ2v) is 5.64. The van der Waals surface area contributed by atoms with E-state index in [1.54, 1.807) is 17.2 Å². The summed E-state index contributed by atoms with van der Waals surface area (Å²) in [5.74, 6) is -0.206. The van der Waals surface area contributed by atoms with E-state index in [1.165, 1.54) is 0 Å². The Balaban J connectivity index is 2.10. The second-order valence-electron chi connectivity index (χ2n) is 4.80. The quantitative estimate of drug-likeness (QED) is 0.828. The highest BCUT2D eigenvalue weighted by molar-refractivity contribution is 6.35. The summed E-state index contributed by atoms with van der Waals surface area (Å²) in [5.41, 5.74) is 0.431. The van der Waals surface area contributed by atoms with Crippen LogP contribution in [-0.2, 0) is 16.2 Å². The number of carbonyl (C=O) groups excluding carboxylic acids is 1. The molecule has 17 heavy (non-hydrogen) atoms. The van der Waals surface area contributed by atoms with Crippen LogP contribution in [0.1, 0.15) is 19.4 Å². The van der Waals surface area contributed by atoms with Gasteiger partial charge in [-0.25, -0.2) is 4.79 Å². The second kappa shape index (κ2) is 4.48. The molecule has 1 fully saturated rings. The van der Waals surface area contributed by atoms with Gasteiger partial charge in [0.05, 0.1) is 18.5 Å². The molecule has 2 rings (SSSR count). The highest BCUT2D eigenvalue weighted by Crippen LogP contribution is 2.29. The van der Waals surface area contributed by atoms with Gasteiger partial charge in [0, 0.05) is 10.0 Å². The first-order valence-electron chi connectivity index (χ1n) is 5.30. The molecule has 1 aromatic rings. The van der Waals surface area contributed by atoms with Crippen molar-refractivity contribution in [2.24, 2.45) is 5.41 Å². The molecular formula is C12H13Cl2NO2. The average Bonchev–Trinajstić information content (AvgIpc) is 2.45. The third-order valence-electron chi connectivity index (χ3n) is 2.70. The first-order valence-corrected chi connectivity index (χ1v) is 6.05. The zero-order valence-corrected chi connectivity index (χ0v) is 11.2. The van der Waals surface area contributed by atoms with Crippen LogP contribution in [0, 0.1) is 5.41 Å². The zero-order valence-electron chi connectivity index (χ0n) is 9.67. The van der Waals surface area contributed by atoms with Crippen LogP contribution < -0.4 is 0 Å². The minimum atomic E-state index is -0.459. The van der Waals surface area contributed by atoms with E-state index >= 15 is 0 Å². The van der Waals surface area contributed by atoms with E-state index in [4.69, 9.17) is 28.0 Å². The van der Waals surface area contributed by atoms with Gasteiger partial charge in [-0.05, 0) is 31.5 Å². The van der Waals surface area contributed by atoms with Gasteiger partial charge in [-0.1, -0.05) is 29.3 Å². The van der Waals surface area contributed by atoms with Crippen molar-refractivity contribution in [2.75, 3.05) is 6.54 Å². The minimum absolute atomic E-state index is 0.206. The van der Waals surface area contributed by atoms with Crippen molar-refractivity contribution < 1.29 is 9.63 Å². The molecule has 1 aromatic carbocycles. The van der Waals surface area contributed by atoms with Crippen molar-refractivity contribution in [2.45, 2.75) is 20.4 Å². The zero-order chi connectivity index (χ0) is 12.6. The first-order chi connectivity index (χ1) is 7.88. The summed E-state index contributed by atoms with van der Waals surface area (Å²) in [4.78, 5) is 16.7. The lowest BCUT2D eigenvalue weighted by Gasteiger charge is -2.14. The monoisotopic (exact) mass is 273 g/mol. The van der Waals surface area contributed by atoms with Crippen LogP contribution >= 0.6 is 23.2 Å². The summed E-state index contributed by atoms with van der Waals surface area (Å²) in [7, 11) is 0. The fraction of sp³-hybridized carbons (Fsp3) is 0.417. The van der Waals surface area contributed by atoms with Crippen LogP contribution in [0.25, 0.3) is 0 Å². The fourth-order valence-corrected chi connectivity index (χ4v) is 2.17. The lowest BCUT2D eigenvalue weighted by atomic mass is 9.95. The highest BCUT2D eigenvalue weighted by atomic mass is 35.5. The SMILES string of the molecule is CC1(C)CN(Cc2ccc(Cl)cc2Cl)OC1=O. The number of hydrogen-bond donors (Lipinski definition) is 0. The molecule has 0 bridgehead atoms. The predicted molar refractivity (Wildman–Crippen MR) is 66.7 cm³/mol. The fourth-order valence-electron chi connectivity index (χ4n) is 1.71. The summed E-state index contributed by atoms with van der Waals surface area (Å²) in [6, 6.07) is 5.29. The third kappa shape index (κ3) is 2.73. The van der Waals surface area contributed by atoms with Gasteiger partial charge in [0.1, 0.15) is 0 Å². The maximum atomic E-state index is 11.5. The predicted octanol–water partition coefficient (Wildman–Crippen LogP) is 3.29. The van der Waals surface area contributed by atoms with Crippen molar-refractivity contribution >= 4 is 29.2 Å². The smallest absolute Gasteiger partial charge is 0.332 e. The van der Waals surface area contributed by atoms with E-state index in [0.717, 1.165) is 5.56 Å². The molecule has 0 unspecified atom stereocenters. The number of nitrogens with zero attached hydrogens (tertiary/aromatic N) is 1. The third-order valence-corrected chi connectivity index (χ3v) is 3.28. The molecule has 3 nitrogen and oxygen atoms in total. The van der Waals surface area contributed by atoms with Crippen molar-refractivity contribution in [1.29, 1.82) is 0 Å². The van der Waals surface area contributed by atoms with Gasteiger partial charge < -0.3 is 4.84 Å². The molecule has 0 N–H and O–H groups in total. The highest BCUT2D eigenvalue weighted by Gasteiger charge is 2.40.